The van der Waals surface area contributed by atoms with Crippen LogP contribution >= 0.6 is 12.6 Å². The number of benzene rings is 2. The van der Waals surface area contributed by atoms with Crippen molar-refractivity contribution in [2.45, 2.75) is 31.2 Å². The molecular formula is C17H17NOS. The summed E-state index contributed by atoms with van der Waals surface area (Å²) < 4.78 is 0. The number of anilines is 1. The van der Waals surface area contributed by atoms with Crippen LogP contribution in [0.15, 0.2) is 47.4 Å². The van der Waals surface area contributed by atoms with E-state index >= 15 is 0 Å². The molecule has 1 unspecified atom stereocenters. The maximum absolute atomic E-state index is 12.9. The number of nitrogens with zero attached hydrogens (tertiary/aromatic N) is 1. The molecule has 0 spiro atoms. The highest BCUT2D eigenvalue weighted by Crippen LogP contribution is 2.33. The van der Waals surface area contributed by atoms with Crippen molar-refractivity contribution in [3.63, 3.8) is 0 Å². The summed E-state index contributed by atoms with van der Waals surface area (Å²) >= 11 is 4.35. The van der Waals surface area contributed by atoms with Crippen LogP contribution in [0.5, 0.6) is 0 Å². The molecule has 2 nitrogen and oxygen atoms in total. The van der Waals surface area contributed by atoms with Crippen LogP contribution in [-0.4, -0.2) is 11.9 Å². The first-order valence-corrected chi connectivity index (χ1v) is 7.23. The molecule has 0 saturated carbocycles. The molecule has 2 aromatic carbocycles. The molecule has 1 heterocycles. The Morgan fingerprint density at radius 2 is 2.00 bits per heavy atom. The van der Waals surface area contributed by atoms with E-state index in [9.17, 15) is 4.79 Å². The highest BCUT2D eigenvalue weighted by Gasteiger charge is 2.31. The Morgan fingerprint density at radius 3 is 2.80 bits per heavy atom. The van der Waals surface area contributed by atoms with Gasteiger partial charge in [0.2, 0.25) is 0 Å². The number of carbonyl (C=O) groups excluding carboxylic acids is 1. The molecule has 1 atom stereocenters. The lowest BCUT2D eigenvalue weighted by atomic mass is 10.1. The Morgan fingerprint density at radius 1 is 1.25 bits per heavy atom. The summed E-state index contributed by atoms with van der Waals surface area (Å²) in [5, 5.41) is 0. The highest BCUT2D eigenvalue weighted by molar-refractivity contribution is 7.80. The maximum atomic E-state index is 12.9. The Balaban J connectivity index is 2.05. The van der Waals surface area contributed by atoms with Gasteiger partial charge < -0.3 is 4.90 Å². The second-order valence-corrected chi connectivity index (χ2v) is 5.87. The van der Waals surface area contributed by atoms with Crippen molar-refractivity contribution in [2.24, 2.45) is 0 Å². The van der Waals surface area contributed by atoms with Crippen molar-refractivity contribution in [3.05, 3.63) is 59.2 Å². The van der Waals surface area contributed by atoms with Crippen LogP contribution in [0, 0.1) is 6.92 Å². The number of amides is 1. The summed E-state index contributed by atoms with van der Waals surface area (Å²) in [6.07, 6.45) is 0.918. The lowest BCUT2D eigenvalue weighted by Gasteiger charge is -2.23. The van der Waals surface area contributed by atoms with Gasteiger partial charge in [0.1, 0.15) is 0 Å². The third kappa shape index (κ3) is 2.12. The van der Waals surface area contributed by atoms with Crippen molar-refractivity contribution in [1.82, 2.24) is 0 Å². The molecule has 2 aromatic rings. The van der Waals surface area contributed by atoms with Gasteiger partial charge >= 0.3 is 0 Å². The standard InChI is InChI=1S/C17H17NOS/c1-11-7-8-14(20)10-15(11)17(19)18-12(2)9-13-5-3-4-6-16(13)18/h3-8,10,12,20H,9H2,1-2H3. The van der Waals surface area contributed by atoms with Gasteiger partial charge in [-0.2, -0.15) is 0 Å². The van der Waals surface area contributed by atoms with E-state index in [4.69, 9.17) is 0 Å². The molecule has 0 aliphatic carbocycles. The average Bonchev–Trinajstić information content (AvgIpc) is 2.76. The van der Waals surface area contributed by atoms with Crippen molar-refractivity contribution < 1.29 is 4.79 Å². The maximum Gasteiger partial charge on any atom is 0.258 e. The summed E-state index contributed by atoms with van der Waals surface area (Å²) in [7, 11) is 0. The van der Waals surface area contributed by atoms with E-state index in [2.05, 4.69) is 25.6 Å². The molecule has 0 bridgehead atoms. The molecule has 102 valence electrons. The first kappa shape index (κ1) is 13.3. The topological polar surface area (TPSA) is 20.3 Å². The van der Waals surface area contributed by atoms with Gasteiger partial charge in [-0.1, -0.05) is 24.3 Å². The number of fused-ring (bicyclic) bond motifs is 1. The van der Waals surface area contributed by atoms with Crippen LogP contribution in [-0.2, 0) is 6.42 Å². The van der Waals surface area contributed by atoms with Crippen molar-refractivity contribution >= 4 is 24.2 Å². The average molecular weight is 283 g/mol. The minimum atomic E-state index is 0.0656. The number of aryl methyl sites for hydroxylation is 1. The lowest BCUT2D eigenvalue weighted by Crippen LogP contribution is -2.36. The minimum Gasteiger partial charge on any atom is -0.305 e. The molecule has 1 aliphatic rings. The van der Waals surface area contributed by atoms with E-state index in [1.807, 2.05) is 48.2 Å². The molecule has 0 fully saturated rings. The second kappa shape index (κ2) is 4.98. The second-order valence-electron chi connectivity index (χ2n) is 5.36. The van der Waals surface area contributed by atoms with E-state index in [1.54, 1.807) is 0 Å². The van der Waals surface area contributed by atoms with Gasteiger partial charge in [0, 0.05) is 22.2 Å². The molecule has 0 radical (unpaired) electrons. The molecule has 3 heteroatoms. The van der Waals surface area contributed by atoms with Gasteiger partial charge in [0.05, 0.1) is 0 Å². The van der Waals surface area contributed by atoms with E-state index in [-0.39, 0.29) is 11.9 Å². The zero-order chi connectivity index (χ0) is 14.3. The fourth-order valence-electron chi connectivity index (χ4n) is 2.85. The Bertz CT molecular complexity index is 680. The molecule has 1 aliphatic heterocycles. The van der Waals surface area contributed by atoms with Gasteiger partial charge in [0.15, 0.2) is 0 Å². The summed E-state index contributed by atoms with van der Waals surface area (Å²) in [5.74, 6) is 0.0656. The Kier molecular flexibility index (Phi) is 3.30. The van der Waals surface area contributed by atoms with Gasteiger partial charge in [-0.25, -0.2) is 0 Å². The molecular weight excluding hydrogens is 266 g/mol. The van der Waals surface area contributed by atoms with Gasteiger partial charge in [-0.3, -0.25) is 4.79 Å². The van der Waals surface area contributed by atoms with E-state index in [0.29, 0.717) is 0 Å². The number of carbonyl (C=O) groups is 1. The number of para-hydroxylation sites is 1. The summed E-state index contributed by atoms with van der Waals surface area (Å²) in [4.78, 5) is 15.6. The van der Waals surface area contributed by atoms with E-state index in [1.165, 1.54) is 5.56 Å². The van der Waals surface area contributed by atoms with Crippen LogP contribution < -0.4 is 4.90 Å². The fourth-order valence-corrected chi connectivity index (χ4v) is 3.05. The predicted molar refractivity (Wildman–Crippen MR) is 84.8 cm³/mol. The number of hydrogen-bond acceptors (Lipinski definition) is 2. The molecule has 1 amide bonds. The normalized spacial score (nSPS) is 17.1. The molecule has 20 heavy (non-hydrogen) atoms. The molecule has 0 saturated heterocycles. The van der Waals surface area contributed by atoms with Crippen LogP contribution in [0.1, 0.15) is 28.4 Å². The smallest absolute Gasteiger partial charge is 0.258 e. The Labute approximate surface area is 124 Å². The van der Waals surface area contributed by atoms with Crippen LogP contribution in [0.25, 0.3) is 0 Å². The largest absolute Gasteiger partial charge is 0.305 e. The van der Waals surface area contributed by atoms with Gasteiger partial charge in [-0.05, 0) is 49.6 Å². The fraction of sp³-hybridized carbons (Fsp3) is 0.235. The third-order valence-corrected chi connectivity index (χ3v) is 4.16. The number of hydrogen-bond donors (Lipinski definition) is 1. The molecule has 0 N–H and O–H groups in total. The molecule has 3 rings (SSSR count). The Hall–Kier alpha value is -1.74. The first-order chi connectivity index (χ1) is 9.58. The number of rotatable bonds is 1. The summed E-state index contributed by atoms with van der Waals surface area (Å²) in [5.41, 5.74) is 4.01. The van der Waals surface area contributed by atoms with Gasteiger partial charge in [-0.15, -0.1) is 12.6 Å². The minimum absolute atomic E-state index is 0.0656. The predicted octanol–water partition coefficient (Wildman–Crippen LogP) is 3.88. The first-order valence-electron chi connectivity index (χ1n) is 6.79. The monoisotopic (exact) mass is 283 g/mol. The SMILES string of the molecule is Cc1ccc(S)cc1C(=O)N1c2ccccc2CC1C. The number of thiol groups is 1. The lowest BCUT2D eigenvalue weighted by molar-refractivity contribution is 0.0980. The third-order valence-electron chi connectivity index (χ3n) is 3.88. The van der Waals surface area contributed by atoms with Crippen molar-refractivity contribution in [2.75, 3.05) is 4.90 Å². The zero-order valence-electron chi connectivity index (χ0n) is 11.6. The zero-order valence-corrected chi connectivity index (χ0v) is 12.5. The summed E-state index contributed by atoms with van der Waals surface area (Å²) in [6, 6.07) is 14.0. The van der Waals surface area contributed by atoms with Crippen LogP contribution in [0.2, 0.25) is 0 Å². The van der Waals surface area contributed by atoms with Gasteiger partial charge in [0.25, 0.3) is 5.91 Å². The van der Waals surface area contributed by atoms with Crippen LogP contribution in [0.4, 0.5) is 5.69 Å². The van der Waals surface area contributed by atoms with Crippen molar-refractivity contribution in [3.8, 4) is 0 Å². The van der Waals surface area contributed by atoms with E-state index in [0.717, 1.165) is 28.1 Å². The summed E-state index contributed by atoms with van der Waals surface area (Å²) in [6.45, 7) is 4.06. The highest BCUT2D eigenvalue weighted by atomic mass is 32.1. The molecule has 0 aromatic heterocycles. The van der Waals surface area contributed by atoms with Crippen molar-refractivity contribution in [1.29, 1.82) is 0 Å². The van der Waals surface area contributed by atoms with Crippen LogP contribution in [0.3, 0.4) is 0 Å². The van der Waals surface area contributed by atoms with E-state index < -0.39 is 0 Å². The quantitative estimate of drug-likeness (QED) is 0.788.